The summed E-state index contributed by atoms with van der Waals surface area (Å²) < 4.78 is 0. The number of aryl methyl sites for hydroxylation is 1. The molecule has 3 aliphatic heterocycles. The number of anilines is 1. The van der Waals surface area contributed by atoms with Crippen molar-refractivity contribution in [3.63, 3.8) is 0 Å². The molecule has 0 aliphatic carbocycles. The van der Waals surface area contributed by atoms with Gasteiger partial charge in [-0.2, -0.15) is 0 Å². The van der Waals surface area contributed by atoms with Gasteiger partial charge < -0.3 is 9.80 Å². The van der Waals surface area contributed by atoms with E-state index in [1.54, 1.807) is 13.1 Å². The summed E-state index contributed by atoms with van der Waals surface area (Å²) in [6, 6.07) is 11.1. The van der Waals surface area contributed by atoms with Gasteiger partial charge in [0.1, 0.15) is 0 Å². The van der Waals surface area contributed by atoms with Crippen LogP contribution < -0.4 is 4.90 Å². The molecule has 162 valence electrons. The fourth-order valence-electron chi connectivity index (χ4n) is 6.01. The van der Waals surface area contributed by atoms with E-state index in [4.69, 9.17) is 0 Å². The molecular formula is C25H30N4O2. The Balaban J connectivity index is 1.46. The third-order valence-corrected chi connectivity index (χ3v) is 7.41. The summed E-state index contributed by atoms with van der Waals surface area (Å²) >= 11 is 0. The fraction of sp³-hybridized carbons (Fsp3) is 0.520. The van der Waals surface area contributed by atoms with Gasteiger partial charge >= 0.3 is 0 Å². The Morgan fingerprint density at radius 2 is 1.94 bits per heavy atom. The van der Waals surface area contributed by atoms with Crippen molar-refractivity contribution in [3.05, 3.63) is 53.3 Å². The summed E-state index contributed by atoms with van der Waals surface area (Å²) in [6.07, 6.45) is 6.49. The number of carbonyl (C=O) groups is 2. The first-order valence-electron chi connectivity index (χ1n) is 11.5. The Labute approximate surface area is 183 Å². The average Bonchev–Trinajstić information content (AvgIpc) is 2.77. The number of hydrogen-bond donors (Lipinski definition) is 0. The van der Waals surface area contributed by atoms with Crippen LogP contribution in [0.2, 0.25) is 0 Å². The van der Waals surface area contributed by atoms with Gasteiger partial charge in [0.25, 0.3) is 0 Å². The minimum Gasteiger partial charge on any atom is -0.340 e. The third kappa shape index (κ3) is 3.73. The zero-order valence-electron chi connectivity index (χ0n) is 18.3. The molecule has 0 radical (unpaired) electrons. The first kappa shape index (κ1) is 20.2. The van der Waals surface area contributed by atoms with Crippen molar-refractivity contribution in [2.75, 3.05) is 18.0 Å². The first-order chi connectivity index (χ1) is 15.0. The maximum atomic E-state index is 13.0. The van der Waals surface area contributed by atoms with E-state index in [1.807, 2.05) is 13.0 Å². The zero-order valence-corrected chi connectivity index (χ0v) is 18.3. The topological polar surface area (TPSA) is 66.4 Å². The predicted octanol–water partition coefficient (Wildman–Crippen LogP) is 3.44. The second-order valence-electron chi connectivity index (χ2n) is 9.40. The van der Waals surface area contributed by atoms with E-state index in [0.29, 0.717) is 41.7 Å². The van der Waals surface area contributed by atoms with Crippen molar-refractivity contribution in [1.82, 2.24) is 14.9 Å². The Morgan fingerprint density at radius 3 is 2.68 bits per heavy atom. The predicted molar refractivity (Wildman–Crippen MR) is 119 cm³/mol. The van der Waals surface area contributed by atoms with E-state index in [-0.39, 0.29) is 11.8 Å². The lowest BCUT2D eigenvalue weighted by molar-refractivity contribution is -0.148. The van der Waals surface area contributed by atoms with Gasteiger partial charge in [-0.1, -0.05) is 30.3 Å². The molecule has 2 aromatic rings. The number of piperidine rings is 3. The van der Waals surface area contributed by atoms with Crippen molar-refractivity contribution in [1.29, 1.82) is 0 Å². The van der Waals surface area contributed by atoms with Crippen LogP contribution in [0.25, 0.3) is 0 Å². The van der Waals surface area contributed by atoms with Crippen molar-refractivity contribution >= 4 is 17.6 Å². The van der Waals surface area contributed by atoms with Crippen molar-refractivity contribution < 1.29 is 9.59 Å². The largest absolute Gasteiger partial charge is 0.340 e. The monoisotopic (exact) mass is 418 g/mol. The van der Waals surface area contributed by atoms with Crippen LogP contribution in [0.3, 0.4) is 0 Å². The Kier molecular flexibility index (Phi) is 5.24. The molecule has 31 heavy (non-hydrogen) atoms. The summed E-state index contributed by atoms with van der Waals surface area (Å²) in [4.78, 5) is 38.6. The number of benzene rings is 1. The second-order valence-corrected chi connectivity index (χ2v) is 9.40. The highest BCUT2D eigenvalue weighted by Crippen LogP contribution is 2.43. The maximum absolute atomic E-state index is 13.0. The number of nitrogens with zero attached hydrogens (tertiary/aromatic N) is 4. The molecular weight excluding hydrogens is 388 g/mol. The van der Waals surface area contributed by atoms with Gasteiger partial charge in [0.15, 0.2) is 5.78 Å². The molecule has 0 N–H and O–H groups in total. The van der Waals surface area contributed by atoms with Crippen LogP contribution in [0.15, 0.2) is 36.5 Å². The number of rotatable bonds is 4. The summed E-state index contributed by atoms with van der Waals surface area (Å²) in [5.41, 5.74) is 2.62. The maximum Gasteiger partial charge on any atom is 0.225 e. The molecule has 1 aromatic heterocycles. The SMILES string of the molecule is CC(=O)c1cnc(N2C[C@H]3C[C@@H](C2)[C@H](Cc2ccccc2)N2C(=O)CCC[C@@H]32)nc1C. The molecule has 5 rings (SSSR count). The summed E-state index contributed by atoms with van der Waals surface area (Å²) in [5, 5.41) is 0. The van der Waals surface area contributed by atoms with Gasteiger partial charge in [-0.15, -0.1) is 0 Å². The molecule has 3 fully saturated rings. The minimum atomic E-state index is -0.00107. The highest BCUT2D eigenvalue weighted by molar-refractivity contribution is 5.94. The molecule has 1 amide bonds. The number of aromatic nitrogens is 2. The van der Waals surface area contributed by atoms with E-state index >= 15 is 0 Å². The van der Waals surface area contributed by atoms with Gasteiger partial charge in [0, 0.05) is 37.8 Å². The Hall–Kier alpha value is -2.76. The number of ketones is 1. The molecule has 0 saturated carbocycles. The summed E-state index contributed by atoms with van der Waals surface area (Å²) in [5.74, 6) is 1.89. The minimum absolute atomic E-state index is 0.00107. The molecule has 3 saturated heterocycles. The van der Waals surface area contributed by atoms with Gasteiger partial charge in [-0.05, 0) is 56.9 Å². The molecule has 4 atom stereocenters. The summed E-state index contributed by atoms with van der Waals surface area (Å²) in [6.45, 7) is 5.16. The normalized spacial score (nSPS) is 27.7. The Morgan fingerprint density at radius 1 is 1.16 bits per heavy atom. The second kappa shape index (κ2) is 8.06. The van der Waals surface area contributed by atoms with E-state index in [2.05, 4.69) is 44.0 Å². The van der Waals surface area contributed by atoms with Gasteiger partial charge in [0.05, 0.1) is 11.3 Å². The van der Waals surface area contributed by atoms with Crippen LogP contribution in [0, 0.1) is 18.8 Å². The standard InChI is InChI=1S/C25H30N4O2/c1-16-21(17(2)30)13-26-25(27-16)28-14-19-12-20(15-28)23(11-18-7-4-3-5-8-18)29-22(19)9-6-10-24(29)31/h3-5,7-8,13,19-20,22-23H,6,9-12,14-15H2,1-2H3/t19-,20+,22+,23+/m1/s1. The Bertz CT molecular complexity index is 992. The van der Waals surface area contributed by atoms with E-state index in [1.165, 1.54) is 5.56 Å². The first-order valence-corrected chi connectivity index (χ1v) is 11.5. The quantitative estimate of drug-likeness (QED) is 0.712. The van der Waals surface area contributed by atoms with Gasteiger partial charge in [0.2, 0.25) is 11.9 Å². The molecule has 3 aliphatic rings. The van der Waals surface area contributed by atoms with Gasteiger partial charge in [-0.25, -0.2) is 9.97 Å². The molecule has 0 unspecified atom stereocenters. The molecule has 1 aromatic carbocycles. The molecule has 6 heteroatoms. The third-order valence-electron chi connectivity index (χ3n) is 7.41. The van der Waals surface area contributed by atoms with Crippen molar-refractivity contribution in [2.45, 2.75) is 58.0 Å². The van der Waals surface area contributed by atoms with Crippen LogP contribution in [0.5, 0.6) is 0 Å². The highest BCUT2D eigenvalue weighted by Gasteiger charge is 2.49. The van der Waals surface area contributed by atoms with E-state index < -0.39 is 0 Å². The van der Waals surface area contributed by atoms with Crippen LogP contribution >= 0.6 is 0 Å². The van der Waals surface area contributed by atoms with Crippen molar-refractivity contribution in [3.8, 4) is 0 Å². The van der Waals surface area contributed by atoms with Gasteiger partial charge in [-0.3, -0.25) is 9.59 Å². The highest BCUT2D eigenvalue weighted by atomic mass is 16.2. The lowest BCUT2D eigenvalue weighted by Gasteiger charge is -2.56. The average molecular weight is 419 g/mol. The lowest BCUT2D eigenvalue weighted by atomic mass is 9.71. The van der Waals surface area contributed by atoms with Crippen molar-refractivity contribution in [2.24, 2.45) is 11.8 Å². The number of fused-ring (bicyclic) bond motifs is 4. The van der Waals surface area contributed by atoms with E-state index in [0.717, 1.165) is 44.5 Å². The molecule has 0 spiro atoms. The fourth-order valence-corrected chi connectivity index (χ4v) is 6.01. The van der Waals surface area contributed by atoms with Crippen LogP contribution in [0.1, 0.15) is 54.2 Å². The van der Waals surface area contributed by atoms with Crippen LogP contribution in [-0.2, 0) is 11.2 Å². The number of hydrogen-bond acceptors (Lipinski definition) is 5. The molecule has 4 heterocycles. The number of amides is 1. The lowest BCUT2D eigenvalue weighted by Crippen LogP contribution is -2.65. The summed E-state index contributed by atoms with van der Waals surface area (Å²) in [7, 11) is 0. The zero-order chi connectivity index (χ0) is 21.5. The number of Topliss-reactive ketones (excluding diaryl/α,β-unsaturated/α-hetero) is 1. The smallest absolute Gasteiger partial charge is 0.225 e. The van der Waals surface area contributed by atoms with Crippen LogP contribution in [0.4, 0.5) is 5.95 Å². The van der Waals surface area contributed by atoms with Crippen LogP contribution in [-0.4, -0.2) is 51.7 Å². The molecule has 2 bridgehead atoms. The number of carbonyl (C=O) groups excluding carboxylic acids is 2. The molecule has 6 nitrogen and oxygen atoms in total. The van der Waals surface area contributed by atoms with E-state index in [9.17, 15) is 9.59 Å².